The van der Waals surface area contributed by atoms with E-state index < -0.39 is 0 Å². The quantitative estimate of drug-likeness (QED) is 0.705. The van der Waals surface area contributed by atoms with Crippen LogP contribution >= 0.6 is 0 Å². The number of aryl methyl sites for hydroxylation is 1. The lowest BCUT2D eigenvalue weighted by atomic mass is 9.99. The number of Topliss-reactive ketones (excluding diaryl/α,β-unsaturated/α-hetero) is 1. The summed E-state index contributed by atoms with van der Waals surface area (Å²) in [4.78, 5) is 14.6. The van der Waals surface area contributed by atoms with E-state index in [2.05, 4.69) is 10.2 Å². The van der Waals surface area contributed by atoms with E-state index >= 15 is 0 Å². The van der Waals surface area contributed by atoms with E-state index in [-0.39, 0.29) is 5.78 Å². The predicted octanol–water partition coefficient (Wildman–Crippen LogP) is 1.82. The highest BCUT2D eigenvalue weighted by Gasteiger charge is 2.15. The highest BCUT2D eigenvalue weighted by molar-refractivity contribution is 5.98. The van der Waals surface area contributed by atoms with Crippen molar-refractivity contribution in [3.63, 3.8) is 0 Å². The normalized spacial score (nSPS) is 13.8. The first-order valence-electron chi connectivity index (χ1n) is 7.85. The Kier molecular flexibility index (Phi) is 6.83. The molecule has 0 saturated carbocycles. The van der Waals surface area contributed by atoms with Crippen LogP contribution in [0.25, 0.3) is 0 Å². The molecule has 0 spiro atoms. The van der Waals surface area contributed by atoms with E-state index in [1.807, 2.05) is 18.2 Å². The standard InChI is InChI=1S/C17H26N2O3/c1-21-10-8-19(9-11-22-2)13-17(20)15-5-6-16-14(12-15)4-3-7-18-16/h5-6,12,18H,3-4,7-11,13H2,1-2H3. The molecule has 0 bridgehead atoms. The van der Waals surface area contributed by atoms with Crippen molar-refractivity contribution in [1.29, 1.82) is 0 Å². The maximum absolute atomic E-state index is 12.5. The van der Waals surface area contributed by atoms with Crippen LogP contribution < -0.4 is 5.32 Å². The topological polar surface area (TPSA) is 50.8 Å². The van der Waals surface area contributed by atoms with E-state index in [0.717, 1.165) is 38.0 Å². The van der Waals surface area contributed by atoms with Crippen molar-refractivity contribution in [2.45, 2.75) is 12.8 Å². The molecule has 0 aromatic heterocycles. The molecule has 2 rings (SSSR count). The third-order valence-electron chi connectivity index (χ3n) is 3.96. The largest absolute Gasteiger partial charge is 0.385 e. The predicted molar refractivity (Wildman–Crippen MR) is 87.8 cm³/mol. The highest BCUT2D eigenvalue weighted by Crippen LogP contribution is 2.23. The molecule has 5 heteroatoms. The van der Waals surface area contributed by atoms with Gasteiger partial charge in [0.25, 0.3) is 0 Å². The molecule has 1 heterocycles. The first-order chi connectivity index (χ1) is 10.7. The number of anilines is 1. The Hall–Kier alpha value is -1.43. The summed E-state index contributed by atoms with van der Waals surface area (Å²) < 4.78 is 10.2. The van der Waals surface area contributed by atoms with E-state index in [4.69, 9.17) is 9.47 Å². The minimum atomic E-state index is 0.153. The van der Waals surface area contributed by atoms with Gasteiger partial charge in [-0.25, -0.2) is 0 Å². The number of ketones is 1. The number of methoxy groups -OCH3 is 2. The molecule has 0 aliphatic carbocycles. The number of carbonyl (C=O) groups is 1. The van der Waals surface area contributed by atoms with Crippen LogP contribution in [0.15, 0.2) is 18.2 Å². The molecule has 1 aliphatic heterocycles. The van der Waals surface area contributed by atoms with Gasteiger partial charge in [0, 0.05) is 45.1 Å². The van der Waals surface area contributed by atoms with E-state index in [1.54, 1.807) is 14.2 Å². The van der Waals surface area contributed by atoms with Crippen molar-refractivity contribution in [3.8, 4) is 0 Å². The van der Waals surface area contributed by atoms with Crippen molar-refractivity contribution in [3.05, 3.63) is 29.3 Å². The van der Waals surface area contributed by atoms with Gasteiger partial charge in [0.05, 0.1) is 19.8 Å². The number of hydrogen-bond donors (Lipinski definition) is 1. The summed E-state index contributed by atoms with van der Waals surface area (Å²) in [5, 5.41) is 3.37. The van der Waals surface area contributed by atoms with Crippen LogP contribution in [0.2, 0.25) is 0 Å². The lowest BCUT2D eigenvalue weighted by Gasteiger charge is -2.22. The first kappa shape index (κ1) is 16.9. The van der Waals surface area contributed by atoms with Crippen LogP contribution in [0, 0.1) is 0 Å². The van der Waals surface area contributed by atoms with Crippen molar-refractivity contribution in [2.75, 3.05) is 58.9 Å². The van der Waals surface area contributed by atoms with E-state index in [1.165, 1.54) is 11.3 Å². The molecule has 22 heavy (non-hydrogen) atoms. The maximum Gasteiger partial charge on any atom is 0.176 e. The second-order valence-corrected chi connectivity index (χ2v) is 5.59. The summed E-state index contributed by atoms with van der Waals surface area (Å²) in [6.45, 7) is 4.12. The highest BCUT2D eigenvalue weighted by atomic mass is 16.5. The number of hydrogen-bond acceptors (Lipinski definition) is 5. The average molecular weight is 306 g/mol. The molecule has 0 fully saturated rings. The molecule has 1 aromatic carbocycles. The van der Waals surface area contributed by atoms with Crippen LogP contribution in [0.1, 0.15) is 22.3 Å². The van der Waals surface area contributed by atoms with E-state index in [9.17, 15) is 4.79 Å². The zero-order valence-electron chi connectivity index (χ0n) is 13.6. The number of nitrogens with zero attached hydrogens (tertiary/aromatic N) is 1. The Balaban J connectivity index is 1.99. The molecule has 0 radical (unpaired) electrons. The summed E-state index contributed by atoms with van der Waals surface area (Å²) in [5.41, 5.74) is 3.21. The van der Waals surface area contributed by atoms with Crippen LogP contribution in [0.5, 0.6) is 0 Å². The summed E-state index contributed by atoms with van der Waals surface area (Å²) in [7, 11) is 3.35. The molecule has 0 unspecified atom stereocenters. The molecule has 5 nitrogen and oxygen atoms in total. The van der Waals surface area contributed by atoms with Crippen molar-refractivity contribution in [1.82, 2.24) is 4.90 Å². The number of carbonyl (C=O) groups excluding carboxylic acids is 1. The molecule has 122 valence electrons. The van der Waals surface area contributed by atoms with Gasteiger partial charge < -0.3 is 14.8 Å². The van der Waals surface area contributed by atoms with Crippen LogP contribution in [0.4, 0.5) is 5.69 Å². The third-order valence-corrected chi connectivity index (χ3v) is 3.96. The molecule has 1 aromatic rings. The average Bonchev–Trinajstić information content (AvgIpc) is 2.56. The van der Waals surface area contributed by atoms with Gasteiger partial charge in [-0.15, -0.1) is 0 Å². The zero-order valence-corrected chi connectivity index (χ0v) is 13.6. The molecule has 1 N–H and O–H groups in total. The molecule has 0 amide bonds. The van der Waals surface area contributed by atoms with Crippen molar-refractivity contribution >= 4 is 11.5 Å². The SMILES string of the molecule is COCCN(CCOC)CC(=O)c1ccc2c(c1)CCCN2. The minimum absolute atomic E-state index is 0.153. The van der Waals surface area contributed by atoms with E-state index in [0.29, 0.717) is 19.8 Å². The molecular formula is C17H26N2O3. The Morgan fingerprint density at radius 2 is 1.95 bits per heavy atom. The number of rotatable bonds is 9. The fraction of sp³-hybridized carbons (Fsp3) is 0.588. The molecular weight excluding hydrogens is 280 g/mol. The first-order valence-corrected chi connectivity index (χ1v) is 7.85. The lowest BCUT2D eigenvalue weighted by Crippen LogP contribution is -2.35. The van der Waals surface area contributed by atoms with Crippen LogP contribution in [-0.4, -0.2) is 64.3 Å². The maximum atomic E-state index is 12.5. The Labute approximate surface area is 132 Å². The van der Waals surface area contributed by atoms with Gasteiger partial charge in [-0.3, -0.25) is 9.69 Å². The summed E-state index contributed by atoms with van der Waals surface area (Å²) in [6.07, 6.45) is 2.17. The Morgan fingerprint density at radius 1 is 1.23 bits per heavy atom. The van der Waals surface area contributed by atoms with Crippen LogP contribution in [0.3, 0.4) is 0 Å². The number of fused-ring (bicyclic) bond motifs is 1. The van der Waals surface area contributed by atoms with Crippen LogP contribution in [-0.2, 0) is 15.9 Å². The monoisotopic (exact) mass is 306 g/mol. The Morgan fingerprint density at radius 3 is 2.64 bits per heavy atom. The fourth-order valence-corrected chi connectivity index (χ4v) is 2.65. The summed E-state index contributed by atoms with van der Waals surface area (Å²) in [6, 6.07) is 5.98. The summed E-state index contributed by atoms with van der Waals surface area (Å²) in [5.74, 6) is 0.153. The van der Waals surface area contributed by atoms with Gasteiger partial charge in [0.1, 0.15) is 0 Å². The van der Waals surface area contributed by atoms with Gasteiger partial charge in [-0.1, -0.05) is 0 Å². The van der Waals surface area contributed by atoms with Crippen molar-refractivity contribution < 1.29 is 14.3 Å². The minimum Gasteiger partial charge on any atom is -0.385 e. The molecule has 0 saturated heterocycles. The third kappa shape index (κ3) is 4.80. The Bertz CT molecular complexity index is 483. The second-order valence-electron chi connectivity index (χ2n) is 5.59. The lowest BCUT2D eigenvalue weighted by molar-refractivity contribution is 0.0837. The van der Waals surface area contributed by atoms with Gasteiger partial charge in [0.15, 0.2) is 5.78 Å². The molecule has 1 aliphatic rings. The smallest absolute Gasteiger partial charge is 0.176 e. The fourth-order valence-electron chi connectivity index (χ4n) is 2.65. The van der Waals surface area contributed by atoms with Crippen molar-refractivity contribution in [2.24, 2.45) is 0 Å². The second kappa shape index (κ2) is 8.88. The zero-order chi connectivity index (χ0) is 15.8. The van der Waals surface area contributed by atoms with Gasteiger partial charge >= 0.3 is 0 Å². The number of benzene rings is 1. The number of nitrogens with one attached hydrogen (secondary N) is 1. The number of ether oxygens (including phenoxy) is 2. The summed E-state index contributed by atoms with van der Waals surface area (Å²) >= 11 is 0. The van der Waals surface area contributed by atoms with Gasteiger partial charge in [-0.2, -0.15) is 0 Å². The molecule has 0 atom stereocenters. The van der Waals surface area contributed by atoms with Gasteiger partial charge in [0.2, 0.25) is 0 Å². The van der Waals surface area contributed by atoms with Gasteiger partial charge in [-0.05, 0) is 36.6 Å².